The van der Waals surface area contributed by atoms with Gasteiger partial charge in [0, 0.05) is 18.2 Å². The van der Waals surface area contributed by atoms with Gasteiger partial charge in [-0.1, -0.05) is 17.7 Å². The first-order valence-corrected chi connectivity index (χ1v) is 5.13. The van der Waals surface area contributed by atoms with Crippen molar-refractivity contribution in [1.82, 2.24) is 9.78 Å². The van der Waals surface area contributed by atoms with Crippen molar-refractivity contribution in [2.24, 2.45) is 7.05 Å². The molecular formula is C11H11ClFN3. The van der Waals surface area contributed by atoms with Gasteiger partial charge in [-0.25, -0.2) is 4.39 Å². The molecule has 1 heterocycles. The zero-order valence-corrected chi connectivity index (χ0v) is 9.72. The van der Waals surface area contributed by atoms with Crippen LogP contribution in [0.25, 0.3) is 11.3 Å². The Balaban J connectivity index is 2.68. The minimum absolute atomic E-state index is 0.0844. The Morgan fingerprint density at radius 3 is 2.69 bits per heavy atom. The molecule has 0 saturated carbocycles. The molecule has 5 heteroatoms. The van der Waals surface area contributed by atoms with E-state index in [0.29, 0.717) is 17.1 Å². The van der Waals surface area contributed by atoms with Crippen LogP contribution in [0.3, 0.4) is 0 Å². The lowest BCUT2D eigenvalue weighted by Crippen LogP contribution is -1.97. The number of rotatable bonds is 1. The lowest BCUT2D eigenvalue weighted by Gasteiger charge is -2.02. The maximum atomic E-state index is 13.8. The molecule has 0 saturated heterocycles. The van der Waals surface area contributed by atoms with E-state index in [1.807, 2.05) is 0 Å². The third-order valence-electron chi connectivity index (χ3n) is 2.54. The largest absolute Gasteiger partial charge is 0.384 e. The number of nitrogens with zero attached hydrogens (tertiary/aromatic N) is 2. The molecule has 0 bridgehead atoms. The molecule has 0 aliphatic carbocycles. The predicted octanol–water partition coefficient (Wildman–Crippen LogP) is 2.77. The second-order valence-electron chi connectivity index (χ2n) is 3.58. The molecule has 0 spiro atoms. The monoisotopic (exact) mass is 239 g/mol. The highest BCUT2D eigenvalue weighted by Crippen LogP contribution is 2.30. The standard InChI is InChI=1S/C11H11ClFN3/c1-6-10(15-16(2)11(6)14)7-4-3-5-8(12)9(7)13/h3-5H,14H2,1-2H3. The van der Waals surface area contributed by atoms with Crippen LogP contribution in [0.5, 0.6) is 0 Å². The molecule has 16 heavy (non-hydrogen) atoms. The summed E-state index contributed by atoms with van der Waals surface area (Å²) in [6.07, 6.45) is 0. The van der Waals surface area contributed by atoms with Crippen LogP contribution in [0.4, 0.5) is 10.2 Å². The number of nitrogens with two attached hydrogens (primary N) is 1. The molecule has 0 amide bonds. The lowest BCUT2D eigenvalue weighted by molar-refractivity contribution is 0.630. The number of anilines is 1. The Bertz CT molecular complexity index is 548. The van der Waals surface area contributed by atoms with Crippen molar-refractivity contribution in [1.29, 1.82) is 0 Å². The van der Waals surface area contributed by atoms with Gasteiger partial charge >= 0.3 is 0 Å². The van der Waals surface area contributed by atoms with Crippen molar-refractivity contribution < 1.29 is 4.39 Å². The van der Waals surface area contributed by atoms with Gasteiger partial charge in [-0.05, 0) is 19.1 Å². The molecule has 2 aromatic rings. The van der Waals surface area contributed by atoms with Gasteiger partial charge in [0.15, 0.2) is 5.82 Å². The van der Waals surface area contributed by atoms with E-state index in [4.69, 9.17) is 17.3 Å². The summed E-state index contributed by atoms with van der Waals surface area (Å²) < 4.78 is 15.3. The van der Waals surface area contributed by atoms with Gasteiger partial charge in [-0.3, -0.25) is 4.68 Å². The number of halogens is 2. The van der Waals surface area contributed by atoms with Crippen molar-refractivity contribution in [3.8, 4) is 11.3 Å². The molecule has 1 aromatic carbocycles. The molecule has 0 aliphatic rings. The number of aromatic nitrogens is 2. The number of nitrogen functional groups attached to an aromatic ring is 1. The smallest absolute Gasteiger partial charge is 0.151 e. The van der Waals surface area contributed by atoms with Crippen molar-refractivity contribution in [3.05, 3.63) is 34.6 Å². The molecule has 3 nitrogen and oxygen atoms in total. The minimum atomic E-state index is -0.467. The predicted molar refractivity (Wildman–Crippen MR) is 62.8 cm³/mol. The van der Waals surface area contributed by atoms with Crippen molar-refractivity contribution in [3.63, 3.8) is 0 Å². The summed E-state index contributed by atoms with van der Waals surface area (Å²) in [5, 5.41) is 4.26. The molecule has 2 rings (SSSR count). The molecule has 84 valence electrons. The van der Waals surface area contributed by atoms with Crippen LogP contribution in [0.2, 0.25) is 5.02 Å². The maximum Gasteiger partial charge on any atom is 0.151 e. The van der Waals surface area contributed by atoms with Gasteiger partial charge in [-0.2, -0.15) is 5.10 Å². The van der Waals surface area contributed by atoms with Crippen LogP contribution in [-0.2, 0) is 7.05 Å². The summed E-state index contributed by atoms with van der Waals surface area (Å²) in [6.45, 7) is 1.80. The first kappa shape index (κ1) is 11.0. The summed E-state index contributed by atoms with van der Waals surface area (Å²) in [6, 6.07) is 4.82. The third kappa shape index (κ3) is 1.55. The number of aryl methyl sites for hydroxylation is 1. The maximum absolute atomic E-state index is 13.8. The van der Waals surface area contributed by atoms with E-state index in [1.54, 1.807) is 26.1 Å². The van der Waals surface area contributed by atoms with E-state index in [9.17, 15) is 4.39 Å². The summed E-state index contributed by atoms with van der Waals surface area (Å²) in [5.74, 6) is 0.0553. The van der Waals surface area contributed by atoms with Crippen LogP contribution in [0.15, 0.2) is 18.2 Å². The Morgan fingerprint density at radius 2 is 2.12 bits per heavy atom. The summed E-state index contributed by atoms with van der Waals surface area (Å²) in [4.78, 5) is 0. The average Bonchev–Trinajstić information content (AvgIpc) is 2.50. The Kier molecular flexibility index (Phi) is 2.59. The second kappa shape index (κ2) is 3.79. The Morgan fingerprint density at radius 1 is 1.44 bits per heavy atom. The molecular weight excluding hydrogens is 229 g/mol. The molecule has 0 fully saturated rings. The second-order valence-corrected chi connectivity index (χ2v) is 3.99. The van der Waals surface area contributed by atoms with Gasteiger partial charge in [0.05, 0.1) is 5.02 Å². The molecule has 1 aromatic heterocycles. The van der Waals surface area contributed by atoms with Gasteiger partial charge in [0.2, 0.25) is 0 Å². The highest BCUT2D eigenvalue weighted by atomic mass is 35.5. The molecule has 0 unspecified atom stereocenters. The Hall–Kier alpha value is -1.55. The summed E-state index contributed by atoms with van der Waals surface area (Å²) >= 11 is 5.72. The summed E-state index contributed by atoms with van der Waals surface area (Å²) in [5.41, 5.74) is 7.43. The van der Waals surface area contributed by atoms with E-state index in [1.165, 1.54) is 10.7 Å². The SMILES string of the molecule is Cc1c(-c2cccc(Cl)c2F)nn(C)c1N. The average molecular weight is 240 g/mol. The fourth-order valence-electron chi connectivity index (χ4n) is 1.59. The number of hydrogen-bond acceptors (Lipinski definition) is 2. The van der Waals surface area contributed by atoms with Crippen LogP contribution >= 0.6 is 11.6 Å². The highest BCUT2D eigenvalue weighted by molar-refractivity contribution is 6.31. The Labute approximate surface area is 97.6 Å². The van der Waals surface area contributed by atoms with Crippen molar-refractivity contribution in [2.75, 3.05) is 5.73 Å². The first-order valence-electron chi connectivity index (χ1n) is 4.76. The van der Waals surface area contributed by atoms with Crippen LogP contribution in [0.1, 0.15) is 5.56 Å². The highest BCUT2D eigenvalue weighted by Gasteiger charge is 2.16. The van der Waals surface area contributed by atoms with Gasteiger partial charge in [-0.15, -0.1) is 0 Å². The van der Waals surface area contributed by atoms with Crippen molar-refractivity contribution in [2.45, 2.75) is 6.92 Å². The lowest BCUT2D eigenvalue weighted by atomic mass is 10.1. The fraction of sp³-hybridized carbons (Fsp3) is 0.182. The number of hydrogen-bond donors (Lipinski definition) is 1. The zero-order valence-electron chi connectivity index (χ0n) is 8.96. The third-order valence-corrected chi connectivity index (χ3v) is 2.84. The van der Waals surface area contributed by atoms with E-state index in [0.717, 1.165) is 5.56 Å². The quantitative estimate of drug-likeness (QED) is 0.832. The van der Waals surface area contributed by atoms with E-state index in [2.05, 4.69) is 5.10 Å². The van der Waals surface area contributed by atoms with E-state index < -0.39 is 5.82 Å². The fourth-order valence-corrected chi connectivity index (χ4v) is 1.76. The topological polar surface area (TPSA) is 43.8 Å². The van der Waals surface area contributed by atoms with Crippen LogP contribution in [-0.4, -0.2) is 9.78 Å². The summed E-state index contributed by atoms with van der Waals surface area (Å²) in [7, 11) is 1.72. The van der Waals surface area contributed by atoms with Gasteiger partial charge in [0.1, 0.15) is 11.5 Å². The molecule has 2 N–H and O–H groups in total. The molecule has 0 atom stereocenters. The van der Waals surface area contributed by atoms with E-state index >= 15 is 0 Å². The van der Waals surface area contributed by atoms with Crippen LogP contribution < -0.4 is 5.73 Å². The first-order chi connectivity index (χ1) is 7.52. The zero-order chi connectivity index (χ0) is 11.9. The number of benzene rings is 1. The normalized spacial score (nSPS) is 10.8. The van der Waals surface area contributed by atoms with Crippen LogP contribution in [0, 0.1) is 12.7 Å². The van der Waals surface area contributed by atoms with E-state index in [-0.39, 0.29) is 5.02 Å². The van der Waals surface area contributed by atoms with Crippen molar-refractivity contribution >= 4 is 17.4 Å². The molecule has 0 aliphatic heterocycles. The molecule has 0 radical (unpaired) electrons. The minimum Gasteiger partial charge on any atom is -0.384 e. The van der Waals surface area contributed by atoms with Gasteiger partial charge < -0.3 is 5.73 Å². The van der Waals surface area contributed by atoms with Gasteiger partial charge in [0.25, 0.3) is 0 Å².